The van der Waals surface area contributed by atoms with Gasteiger partial charge in [0.15, 0.2) is 0 Å². The maximum Gasteiger partial charge on any atom is 0.250 e. The first-order chi connectivity index (χ1) is 13.6. The lowest BCUT2D eigenvalue weighted by Gasteiger charge is -2.03. The number of fused-ring (bicyclic) bond motifs is 1. The third-order valence-corrected chi connectivity index (χ3v) is 5.34. The van der Waals surface area contributed by atoms with Gasteiger partial charge in [0.25, 0.3) is 0 Å². The second-order valence-corrected chi connectivity index (χ2v) is 7.43. The molecule has 0 atom stereocenters. The van der Waals surface area contributed by atoms with Crippen LogP contribution in [0.4, 0.5) is 5.95 Å². The van der Waals surface area contributed by atoms with E-state index in [0.717, 1.165) is 27.5 Å². The van der Waals surface area contributed by atoms with Gasteiger partial charge in [-0.25, -0.2) is 4.52 Å². The van der Waals surface area contributed by atoms with E-state index in [2.05, 4.69) is 15.4 Å². The minimum atomic E-state index is -0.126. The largest absolute Gasteiger partial charge is 0.497 e. The molecule has 0 fully saturated rings. The lowest BCUT2D eigenvalue weighted by molar-refractivity contribution is -0.116. The van der Waals surface area contributed by atoms with E-state index in [0.29, 0.717) is 23.8 Å². The SMILES string of the molecule is COc1ccc(-c2csc3nc(NC(=O)CCc4ccc(Cl)cc4)nn23)cc1. The molecular formula is C20H17ClN4O2S. The van der Waals surface area contributed by atoms with Gasteiger partial charge in [-0.2, -0.15) is 4.98 Å². The zero-order valence-electron chi connectivity index (χ0n) is 15.1. The first-order valence-corrected chi connectivity index (χ1v) is 9.91. The van der Waals surface area contributed by atoms with Gasteiger partial charge >= 0.3 is 0 Å². The van der Waals surface area contributed by atoms with E-state index in [-0.39, 0.29) is 5.91 Å². The van der Waals surface area contributed by atoms with E-state index in [1.54, 1.807) is 11.6 Å². The Balaban J connectivity index is 1.45. The standard InChI is InChI=1S/C20H17ClN4O2S/c1-27-16-9-5-14(6-10-16)17-12-28-20-23-19(24-25(17)20)22-18(26)11-4-13-2-7-15(21)8-3-13/h2-3,5-10,12H,4,11H2,1H3,(H,22,24,26). The number of methoxy groups -OCH3 is 1. The molecular weight excluding hydrogens is 396 g/mol. The van der Waals surface area contributed by atoms with Crippen molar-refractivity contribution in [2.75, 3.05) is 12.4 Å². The summed E-state index contributed by atoms with van der Waals surface area (Å²) in [4.78, 5) is 17.4. The fourth-order valence-electron chi connectivity index (χ4n) is 2.79. The summed E-state index contributed by atoms with van der Waals surface area (Å²) in [6.07, 6.45) is 0.974. The van der Waals surface area contributed by atoms with Crippen LogP contribution in [-0.4, -0.2) is 27.6 Å². The van der Waals surface area contributed by atoms with Gasteiger partial charge in [-0.05, 0) is 48.4 Å². The van der Waals surface area contributed by atoms with Crippen molar-refractivity contribution in [2.24, 2.45) is 0 Å². The number of nitrogens with zero attached hydrogens (tertiary/aromatic N) is 3. The van der Waals surface area contributed by atoms with Crippen LogP contribution in [0.15, 0.2) is 53.9 Å². The maximum absolute atomic E-state index is 12.2. The molecule has 142 valence electrons. The summed E-state index contributed by atoms with van der Waals surface area (Å²) in [5, 5.41) is 9.88. The topological polar surface area (TPSA) is 68.5 Å². The molecule has 2 heterocycles. The number of aryl methyl sites for hydroxylation is 1. The van der Waals surface area contributed by atoms with Crippen LogP contribution in [0, 0.1) is 0 Å². The number of halogens is 1. The van der Waals surface area contributed by atoms with Crippen LogP contribution in [0.2, 0.25) is 5.02 Å². The molecule has 0 unspecified atom stereocenters. The zero-order chi connectivity index (χ0) is 19.5. The van der Waals surface area contributed by atoms with Gasteiger partial charge < -0.3 is 4.74 Å². The molecule has 0 saturated heterocycles. The van der Waals surface area contributed by atoms with Crippen LogP contribution in [0.1, 0.15) is 12.0 Å². The predicted octanol–water partition coefficient (Wildman–Crippen LogP) is 4.69. The van der Waals surface area contributed by atoms with Gasteiger partial charge in [0.2, 0.25) is 16.8 Å². The van der Waals surface area contributed by atoms with Gasteiger partial charge in [0.1, 0.15) is 5.75 Å². The number of aromatic nitrogens is 3. The summed E-state index contributed by atoms with van der Waals surface area (Å²) in [6.45, 7) is 0. The van der Waals surface area contributed by atoms with Gasteiger partial charge in [-0.15, -0.1) is 16.4 Å². The molecule has 1 N–H and O–H groups in total. The van der Waals surface area contributed by atoms with E-state index in [1.165, 1.54) is 11.3 Å². The van der Waals surface area contributed by atoms with Crippen molar-refractivity contribution >= 4 is 39.8 Å². The Morgan fingerprint density at radius 1 is 1.18 bits per heavy atom. The third-order valence-electron chi connectivity index (χ3n) is 4.27. The number of hydrogen-bond acceptors (Lipinski definition) is 5. The van der Waals surface area contributed by atoms with Gasteiger partial charge in [-0.3, -0.25) is 10.1 Å². The van der Waals surface area contributed by atoms with Gasteiger partial charge in [0.05, 0.1) is 12.8 Å². The van der Waals surface area contributed by atoms with Crippen molar-refractivity contribution in [3.05, 3.63) is 64.5 Å². The summed E-state index contributed by atoms with van der Waals surface area (Å²) >= 11 is 7.35. The van der Waals surface area contributed by atoms with Crippen LogP contribution in [0.25, 0.3) is 16.2 Å². The quantitative estimate of drug-likeness (QED) is 0.498. The highest BCUT2D eigenvalue weighted by Crippen LogP contribution is 2.27. The van der Waals surface area contributed by atoms with Crippen LogP contribution < -0.4 is 10.1 Å². The molecule has 0 aliphatic carbocycles. The summed E-state index contributed by atoms with van der Waals surface area (Å²) in [6, 6.07) is 15.2. The van der Waals surface area contributed by atoms with Crippen LogP contribution >= 0.6 is 22.9 Å². The molecule has 0 saturated carbocycles. The average Bonchev–Trinajstić information content (AvgIpc) is 3.28. The molecule has 2 aromatic heterocycles. The van der Waals surface area contributed by atoms with Crippen LogP contribution in [0.3, 0.4) is 0 Å². The lowest BCUT2D eigenvalue weighted by atomic mass is 10.1. The molecule has 0 radical (unpaired) electrons. The fraction of sp³-hybridized carbons (Fsp3) is 0.150. The first kappa shape index (κ1) is 18.5. The number of carbonyl (C=O) groups excluding carboxylic acids is 1. The molecule has 1 amide bonds. The minimum absolute atomic E-state index is 0.126. The van der Waals surface area contributed by atoms with Crippen molar-refractivity contribution in [1.82, 2.24) is 14.6 Å². The lowest BCUT2D eigenvalue weighted by Crippen LogP contribution is -2.13. The smallest absolute Gasteiger partial charge is 0.250 e. The average molecular weight is 413 g/mol. The predicted molar refractivity (Wildman–Crippen MR) is 111 cm³/mol. The molecule has 4 aromatic rings. The molecule has 0 aliphatic rings. The van der Waals surface area contributed by atoms with E-state index in [9.17, 15) is 4.79 Å². The Labute approximate surface area is 170 Å². The van der Waals surface area contributed by atoms with Crippen molar-refractivity contribution in [2.45, 2.75) is 12.8 Å². The fourth-order valence-corrected chi connectivity index (χ4v) is 3.75. The van der Waals surface area contributed by atoms with E-state index < -0.39 is 0 Å². The number of ether oxygens (including phenoxy) is 1. The highest BCUT2D eigenvalue weighted by molar-refractivity contribution is 7.15. The molecule has 8 heteroatoms. The van der Waals surface area contributed by atoms with E-state index in [4.69, 9.17) is 16.3 Å². The zero-order valence-corrected chi connectivity index (χ0v) is 16.6. The Morgan fingerprint density at radius 3 is 2.64 bits per heavy atom. The number of carbonyl (C=O) groups is 1. The Bertz CT molecular complexity index is 1100. The summed E-state index contributed by atoms with van der Waals surface area (Å²) in [5.41, 5.74) is 2.97. The van der Waals surface area contributed by atoms with Crippen molar-refractivity contribution in [1.29, 1.82) is 0 Å². The number of anilines is 1. The number of benzene rings is 2. The van der Waals surface area contributed by atoms with Crippen LogP contribution in [0.5, 0.6) is 5.75 Å². The van der Waals surface area contributed by atoms with E-state index in [1.807, 2.05) is 53.9 Å². The second kappa shape index (κ2) is 8.00. The van der Waals surface area contributed by atoms with Crippen molar-refractivity contribution in [3.8, 4) is 17.0 Å². The molecule has 0 aliphatic heterocycles. The molecule has 4 rings (SSSR count). The second-order valence-electron chi connectivity index (χ2n) is 6.15. The van der Waals surface area contributed by atoms with Gasteiger partial charge in [0, 0.05) is 22.4 Å². The maximum atomic E-state index is 12.2. The number of amides is 1. The summed E-state index contributed by atoms with van der Waals surface area (Å²) in [7, 11) is 1.64. The highest BCUT2D eigenvalue weighted by Gasteiger charge is 2.13. The molecule has 6 nitrogen and oxygen atoms in total. The molecule has 28 heavy (non-hydrogen) atoms. The monoisotopic (exact) mass is 412 g/mol. The molecule has 2 aromatic carbocycles. The first-order valence-electron chi connectivity index (χ1n) is 8.65. The van der Waals surface area contributed by atoms with E-state index >= 15 is 0 Å². The molecule has 0 bridgehead atoms. The van der Waals surface area contributed by atoms with Crippen molar-refractivity contribution < 1.29 is 9.53 Å². The van der Waals surface area contributed by atoms with Crippen molar-refractivity contribution in [3.63, 3.8) is 0 Å². The minimum Gasteiger partial charge on any atom is -0.497 e. The Kier molecular flexibility index (Phi) is 5.27. The molecule has 0 spiro atoms. The Hall–Kier alpha value is -2.90. The summed E-state index contributed by atoms with van der Waals surface area (Å²) in [5.74, 6) is 0.976. The number of nitrogens with one attached hydrogen (secondary N) is 1. The normalized spacial score (nSPS) is 10.9. The van der Waals surface area contributed by atoms with Crippen LogP contribution in [-0.2, 0) is 11.2 Å². The third kappa shape index (κ3) is 4.00. The summed E-state index contributed by atoms with van der Waals surface area (Å²) < 4.78 is 6.93. The number of rotatable bonds is 6. The number of thiazole rings is 1. The van der Waals surface area contributed by atoms with Gasteiger partial charge in [-0.1, -0.05) is 23.7 Å². The highest BCUT2D eigenvalue weighted by atomic mass is 35.5. The Morgan fingerprint density at radius 2 is 1.93 bits per heavy atom. The number of hydrogen-bond donors (Lipinski definition) is 1.